The molecule has 31 heteroatoms. The fourth-order valence-corrected chi connectivity index (χ4v) is 2.60. The summed E-state index contributed by atoms with van der Waals surface area (Å²) in [7, 11) is 0. The number of hydrogen-bond acceptors (Lipinski definition) is 1. The molecule has 0 aromatic carbocycles. The number of carboxylic acids is 1. The van der Waals surface area contributed by atoms with Crippen LogP contribution in [0.25, 0.3) is 0 Å². The first-order chi connectivity index (χ1) is 19.2. The van der Waals surface area contributed by atoms with Crippen LogP contribution in [0.5, 0.6) is 0 Å². The highest BCUT2D eigenvalue weighted by molar-refractivity contribution is 6.22. The molecule has 1 N–H and O–H groups in total. The molecule has 0 radical (unpaired) electrons. The van der Waals surface area contributed by atoms with Gasteiger partial charge in [-0.15, -0.1) is 0 Å². The number of hydrogen-bond donors (Lipinski definition) is 1. The Morgan fingerprint density at radius 3 is 0.565 bits per heavy atom. The highest BCUT2D eigenvalue weighted by atomic mass is 35.5. The Labute approximate surface area is 234 Å². The smallest absolute Gasteiger partial charge is 0.410 e. The summed E-state index contributed by atoms with van der Waals surface area (Å²) in [5.41, 5.74) is 0. The van der Waals surface area contributed by atoms with E-state index in [9.17, 15) is 128 Å². The number of carboxylic acid groups (broad SMARTS) is 1. The summed E-state index contributed by atoms with van der Waals surface area (Å²) in [6.07, 6.45) is 0. The van der Waals surface area contributed by atoms with Gasteiger partial charge in [-0.2, -0.15) is 123 Å². The maximum atomic E-state index is 13.7. The average molecular weight is 781 g/mol. The third-order valence-electron chi connectivity index (χ3n) is 5.36. The van der Waals surface area contributed by atoms with Crippen molar-refractivity contribution in [3.63, 3.8) is 0 Å². The SMILES string of the molecule is O=C(O)C(F)(F)C(F)(F)C(F)(F)C(F)(F)C(F)(F)C(F)(F)C(F)(F)C(F)(F)C(F)(F)C(F)(F)C(F)(F)C(F)(F)C(F)(F)C(F)(F)Cl. The fraction of sp³-hybridized carbons (Fsp3) is 0.933. The summed E-state index contributed by atoms with van der Waals surface area (Å²) in [5, 5.41) is 0.316. The van der Waals surface area contributed by atoms with Crippen molar-refractivity contribution >= 4 is 17.6 Å². The second-order valence-corrected chi connectivity index (χ2v) is 8.74. The predicted octanol–water partition coefficient (Wildman–Crippen LogP) is 9.16. The van der Waals surface area contributed by atoms with E-state index < -0.39 is 88.3 Å². The molecule has 0 saturated carbocycles. The average Bonchev–Trinajstić information content (AvgIpc) is 2.81. The van der Waals surface area contributed by atoms with Crippen molar-refractivity contribution in [3.05, 3.63) is 0 Å². The molecular formula is C15HClF28O2. The van der Waals surface area contributed by atoms with Gasteiger partial charge in [-0.05, 0) is 11.6 Å². The van der Waals surface area contributed by atoms with Crippen LogP contribution < -0.4 is 0 Å². The van der Waals surface area contributed by atoms with Gasteiger partial charge in [0.1, 0.15) is 0 Å². The van der Waals surface area contributed by atoms with Gasteiger partial charge in [-0.1, -0.05) is 0 Å². The molecule has 276 valence electrons. The molecule has 0 aromatic rings. The van der Waals surface area contributed by atoms with E-state index in [1.807, 2.05) is 0 Å². The number of rotatable bonds is 14. The van der Waals surface area contributed by atoms with Crippen molar-refractivity contribution in [2.45, 2.75) is 82.4 Å². The Kier molecular flexibility index (Phi) is 9.90. The molecule has 0 saturated heterocycles. The first-order valence-electron chi connectivity index (χ1n) is 9.41. The Morgan fingerprint density at radius 1 is 0.304 bits per heavy atom. The van der Waals surface area contributed by atoms with Crippen molar-refractivity contribution in [3.8, 4) is 0 Å². The predicted molar refractivity (Wildman–Crippen MR) is 82.7 cm³/mol. The molecule has 0 fully saturated rings. The maximum Gasteiger partial charge on any atom is 0.410 e. The molecule has 0 amide bonds. The van der Waals surface area contributed by atoms with Gasteiger partial charge < -0.3 is 5.11 Å². The van der Waals surface area contributed by atoms with Crippen LogP contribution in [0, 0.1) is 0 Å². The lowest BCUT2D eigenvalue weighted by Crippen LogP contribution is -2.79. The molecule has 0 rings (SSSR count). The third kappa shape index (κ3) is 4.77. The van der Waals surface area contributed by atoms with E-state index in [0.29, 0.717) is 0 Å². The van der Waals surface area contributed by atoms with Gasteiger partial charge in [0, 0.05) is 0 Å². The van der Waals surface area contributed by atoms with Crippen LogP contribution >= 0.6 is 11.6 Å². The zero-order valence-electron chi connectivity index (χ0n) is 19.3. The van der Waals surface area contributed by atoms with Crippen LogP contribution in [0.2, 0.25) is 0 Å². The van der Waals surface area contributed by atoms with Gasteiger partial charge in [-0.3, -0.25) is 0 Å². The van der Waals surface area contributed by atoms with E-state index in [-0.39, 0.29) is 0 Å². The van der Waals surface area contributed by atoms with Gasteiger partial charge >= 0.3 is 88.3 Å². The lowest BCUT2D eigenvalue weighted by molar-refractivity contribution is -0.483. The first kappa shape index (κ1) is 43.8. The van der Waals surface area contributed by atoms with Crippen LogP contribution in [0.15, 0.2) is 0 Å². The minimum absolute atomic E-state index is 3.16. The summed E-state index contributed by atoms with van der Waals surface area (Å²) in [6, 6.07) is 0. The lowest BCUT2D eigenvalue weighted by Gasteiger charge is -2.46. The normalized spacial score (nSPS) is 17.0. The summed E-state index contributed by atoms with van der Waals surface area (Å²) < 4.78 is 373. The van der Waals surface area contributed by atoms with E-state index in [2.05, 4.69) is 11.6 Å². The second kappa shape index (κ2) is 10.4. The Bertz CT molecular complexity index is 1160. The molecule has 0 bridgehead atoms. The van der Waals surface area contributed by atoms with Crippen LogP contribution in [-0.4, -0.2) is 93.5 Å². The highest BCUT2D eigenvalue weighted by Crippen LogP contribution is 2.69. The summed E-state index contributed by atoms with van der Waals surface area (Å²) in [4.78, 5) is 9.92. The molecule has 2 nitrogen and oxygen atoms in total. The third-order valence-corrected chi connectivity index (χ3v) is 5.59. The van der Waals surface area contributed by atoms with Gasteiger partial charge in [0.25, 0.3) is 0 Å². The second-order valence-electron chi connectivity index (χ2n) is 8.27. The minimum atomic E-state index is -9.95. The molecule has 0 atom stereocenters. The number of halogens is 29. The molecule has 0 aromatic heterocycles. The zero-order chi connectivity index (χ0) is 38.6. The number of alkyl halides is 29. The van der Waals surface area contributed by atoms with Gasteiger partial charge in [0.05, 0.1) is 0 Å². The van der Waals surface area contributed by atoms with Crippen molar-refractivity contribution in [1.82, 2.24) is 0 Å². The first-order valence-corrected chi connectivity index (χ1v) is 9.79. The number of carbonyl (C=O) groups is 1. The Morgan fingerprint density at radius 2 is 0.435 bits per heavy atom. The standard InChI is InChI=1S/C15HClF28O2/c16-15(43,44)14(41,42)13(39,40)12(37,38)11(35,36)10(33,34)9(31,32)8(29,30)7(27,28)6(25,26)5(23,24)4(21,22)3(19,20)2(17,18)1(45)46/h(H,45,46). The lowest BCUT2D eigenvalue weighted by atomic mass is 9.83. The molecule has 46 heavy (non-hydrogen) atoms. The summed E-state index contributed by atoms with van der Waals surface area (Å²) in [5.74, 6) is -126. The topological polar surface area (TPSA) is 37.3 Å². The molecular weight excluding hydrogens is 780 g/mol. The molecule has 0 aliphatic heterocycles. The van der Waals surface area contributed by atoms with Gasteiger partial charge in [0.15, 0.2) is 0 Å². The van der Waals surface area contributed by atoms with Crippen molar-refractivity contribution < 1.29 is 133 Å². The maximum absolute atomic E-state index is 13.7. The van der Waals surface area contributed by atoms with Crippen molar-refractivity contribution in [1.29, 1.82) is 0 Å². The van der Waals surface area contributed by atoms with Crippen LogP contribution in [0.3, 0.4) is 0 Å². The van der Waals surface area contributed by atoms with Gasteiger partial charge in [-0.25, -0.2) is 4.79 Å². The van der Waals surface area contributed by atoms with E-state index >= 15 is 0 Å². The van der Waals surface area contributed by atoms with E-state index in [1.54, 1.807) is 0 Å². The molecule has 0 heterocycles. The van der Waals surface area contributed by atoms with E-state index in [0.717, 1.165) is 0 Å². The highest BCUT2D eigenvalue weighted by Gasteiger charge is 3.01. The Balaban J connectivity index is 7.59. The quantitative estimate of drug-likeness (QED) is 0.141. The summed E-state index contributed by atoms with van der Waals surface area (Å²) in [6.45, 7) is 0. The van der Waals surface area contributed by atoms with Gasteiger partial charge in [0.2, 0.25) is 0 Å². The van der Waals surface area contributed by atoms with Crippen molar-refractivity contribution in [2.75, 3.05) is 0 Å². The number of aliphatic carboxylic acids is 1. The van der Waals surface area contributed by atoms with E-state index in [1.165, 1.54) is 0 Å². The van der Waals surface area contributed by atoms with Crippen LogP contribution in [-0.2, 0) is 4.79 Å². The molecule has 0 spiro atoms. The Hall–Kier alpha value is -2.20. The summed E-state index contributed by atoms with van der Waals surface area (Å²) >= 11 is 3.16. The molecule has 0 unspecified atom stereocenters. The van der Waals surface area contributed by atoms with Crippen molar-refractivity contribution in [2.24, 2.45) is 0 Å². The van der Waals surface area contributed by atoms with E-state index in [4.69, 9.17) is 5.11 Å². The molecule has 0 aliphatic carbocycles. The largest absolute Gasteiger partial charge is 0.477 e. The molecule has 0 aliphatic rings. The monoisotopic (exact) mass is 780 g/mol. The minimum Gasteiger partial charge on any atom is -0.477 e. The van der Waals surface area contributed by atoms with Crippen LogP contribution in [0.4, 0.5) is 123 Å². The zero-order valence-corrected chi connectivity index (χ0v) is 20.1. The fourth-order valence-electron chi connectivity index (χ4n) is 2.48. The van der Waals surface area contributed by atoms with Crippen LogP contribution in [0.1, 0.15) is 0 Å².